The maximum Gasteiger partial charge on any atom is 0.287 e. The minimum absolute atomic E-state index is 0.317. The minimum Gasteiger partial charge on any atom is -0.497 e. The summed E-state index contributed by atoms with van der Waals surface area (Å²) >= 11 is 0. The van der Waals surface area contributed by atoms with Crippen LogP contribution in [0.25, 0.3) is 10.9 Å². The Kier molecular flexibility index (Phi) is 5.34. The van der Waals surface area contributed by atoms with Crippen LogP contribution in [0.2, 0.25) is 0 Å². The van der Waals surface area contributed by atoms with Crippen molar-refractivity contribution in [1.29, 1.82) is 0 Å². The van der Waals surface area contributed by atoms with Crippen molar-refractivity contribution >= 4 is 23.0 Å². The van der Waals surface area contributed by atoms with Gasteiger partial charge in [-0.25, -0.2) is 5.43 Å². The molecule has 1 aromatic heterocycles. The fraction of sp³-hybridized carbons (Fsp3) is 0.100. The Morgan fingerprint density at radius 2 is 1.96 bits per heavy atom. The number of carbonyl (C=O) groups is 1. The number of benzene rings is 2. The number of hydrazone groups is 1. The monoisotopic (exact) mass is 349 g/mol. The lowest BCUT2D eigenvalue weighted by molar-refractivity contribution is 0.0951. The van der Waals surface area contributed by atoms with Crippen LogP contribution in [0.4, 0.5) is 0 Å². The fourth-order valence-corrected chi connectivity index (χ4v) is 2.39. The fourth-order valence-electron chi connectivity index (χ4n) is 2.39. The molecule has 0 aliphatic rings. The molecule has 3 rings (SSSR count). The lowest BCUT2D eigenvalue weighted by atomic mass is 10.2. The molecule has 26 heavy (non-hydrogen) atoms. The number of hydrogen-bond donors (Lipinski definition) is 2. The zero-order chi connectivity index (χ0) is 18.4. The zero-order valence-electron chi connectivity index (χ0n) is 14.4. The van der Waals surface area contributed by atoms with Gasteiger partial charge in [0.2, 0.25) is 0 Å². The van der Waals surface area contributed by atoms with Crippen molar-refractivity contribution in [3.63, 3.8) is 0 Å². The molecule has 6 heteroatoms. The molecule has 0 saturated heterocycles. The van der Waals surface area contributed by atoms with Gasteiger partial charge in [-0.1, -0.05) is 12.7 Å². The predicted molar refractivity (Wildman–Crippen MR) is 102 cm³/mol. The van der Waals surface area contributed by atoms with Gasteiger partial charge in [-0.05, 0) is 48.0 Å². The normalized spacial score (nSPS) is 10.8. The van der Waals surface area contributed by atoms with E-state index in [1.54, 1.807) is 25.5 Å². The number of nitrogens with one attached hydrogen (secondary N) is 2. The first kappa shape index (κ1) is 17.3. The summed E-state index contributed by atoms with van der Waals surface area (Å²) in [4.78, 5) is 15.3. The molecule has 0 unspecified atom stereocenters. The molecule has 0 fully saturated rings. The molecule has 132 valence electrons. The van der Waals surface area contributed by atoms with Crippen LogP contribution in [0.5, 0.6) is 11.5 Å². The topological polar surface area (TPSA) is 75.7 Å². The number of hydrogen-bond acceptors (Lipinski definition) is 4. The highest BCUT2D eigenvalue weighted by Gasteiger charge is 2.09. The lowest BCUT2D eigenvalue weighted by Gasteiger charge is -2.02. The molecule has 1 amide bonds. The van der Waals surface area contributed by atoms with Gasteiger partial charge in [0, 0.05) is 17.0 Å². The first-order valence-corrected chi connectivity index (χ1v) is 8.03. The van der Waals surface area contributed by atoms with Crippen LogP contribution in [0.1, 0.15) is 16.1 Å². The highest BCUT2D eigenvalue weighted by atomic mass is 16.5. The molecule has 0 aliphatic heterocycles. The summed E-state index contributed by atoms with van der Waals surface area (Å²) in [6.45, 7) is 4.06. The Labute approximate surface area is 151 Å². The van der Waals surface area contributed by atoms with E-state index < -0.39 is 0 Å². The maximum absolute atomic E-state index is 12.2. The van der Waals surface area contributed by atoms with Gasteiger partial charge in [-0.3, -0.25) is 4.79 Å². The number of rotatable bonds is 7. The van der Waals surface area contributed by atoms with E-state index in [1.165, 1.54) is 0 Å². The van der Waals surface area contributed by atoms with Gasteiger partial charge in [-0.2, -0.15) is 5.10 Å². The summed E-state index contributed by atoms with van der Waals surface area (Å²) < 4.78 is 10.6. The quantitative estimate of drug-likeness (QED) is 0.389. The maximum atomic E-state index is 12.2. The third kappa shape index (κ3) is 4.10. The third-order valence-corrected chi connectivity index (χ3v) is 3.70. The largest absolute Gasteiger partial charge is 0.497 e. The van der Waals surface area contributed by atoms with Crippen LogP contribution in [0.3, 0.4) is 0 Å². The molecule has 0 atom stereocenters. The van der Waals surface area contributed by atoms with Crippen LogP contribution in [-0.4, -0.2) is 30.8 Å². The Balaban J connectivity index is 1.62. The number of amides is 1. The van der Waals surface area contributed by atoms with Crippen molar-refractivity contribution in [1.82, 2.24) is 10.4 Å². The van der Waals surface area contributed by atoms with E-state index in [0.29, 0.717) is 12.3 Å². The average Bonchev–Trinajstić information content (AvgIpc) is 3.10. The summed E-state index contributed by atoms with van der Waals surface area (Å²) in [5, 5.41) is 4.91. The van der Waals surface area contributed by atoms with Gasteiger partial charge in [-0.15, -0.1) is 0 Å². The summed E-state index contributed by atoms with van der Waals surface area (Å²) in [5.41, 5.74) is 4.61. The number of carbonyl (C=O) groups excluding carboxylic acids is 1. The first-order valence-electron chi connectivity index (χ1n) is 8.03. The van der Waals surface area contributed by atoms with E-state index in [9.17, 15) is 4.79 Å². The van der Waals surface area contributed by atoms with Gasteiger partial charge in [0.15, 0.2) is 0 Å². The van der Waals surface area contributed by atoms with Crippen molar-refractivity contribution in [3.05, 3.63) is 72.4 Å². The molecule has 6 nitrogen and oxygen atoms in total. The number of H-pyrrole nitrogens is 1. The van der Waals surface area contributed by atoms with E-state index in [-0.39, 0.29) is 5.91 Å². The van der Waals surface area contributed by atoms with Crippen LogP contribution in [-0.2, 0) is 0 Å². The first-order chi connectivity index (χ1) is 12.7. The second-order valence-corrected chi connectivity index (χ2v) is 5.50. The second-order valence-electron chi connectivity index (χ2n) is 5.50. The van der Waals surface area contributed by atoms with Gasteiger partial charge in [0.05, 0.1) is 13.3 Å². The van der Waals surface area contributed by atoms with E-state index in [2.05, 4.69) is 22.1 Å². The number of aromatic amines is 1. The van der Waals surface area contributed by atoms with Crippen LogP contribution in [0.15, 0.2) is 66.3 Å². The predicted octanol–water partition coefficient (Wildman–Crippen LogP) is 3.51. The van der Waals surface area contributed by atoms with E-state index in [1.807, 2.05) is 42.5 Å². The Bertz CT molecular complexity index is 943. The zero-order valence-corrected chi connectivity index (χ0v) is 14.4. The highest BCUT2D eigenvalue weighted by molar-refractivity contribution is 5.98. The number of ether oxygens (including phenoxy) is 2. The van der Waals surface area contributed by atoms with Crippen molar-refractivity contribution in [2.45, 2.75) is 0 Å². The molecular weight excluding hydrogens is 330 g/mol. The minimum atomic E-state index is -0.317. The molecule has 0 spiro atoms. The molecule has 0 bridgehead atoms. The number of methoxy groups -OCH3 is 1. The van der Waals surface area contributed by atoms with Crippen LogP contribution >= 0.6 is 0 Å². The Hall–Kier alpha value is -3.54. The average molecular weight is 349 g/mol. The number of fused-ring (bicyclic) bond motifs is 1. The smallest absolute Gasteiger partial charge is 0.287 e. The molecule has 2 N–H and O–H groups in total. The van der Waals surface area contributed by atoms with Gasteiger partial charge >= 0.3 is 0 Å². The van der Waals surface area contributed by atoms with Crippen LogP contribution in [0, 0.1) is 0 Å². The Morgan fingerprint density at radius 3 is 2.69 bits per heavy atom. The summed E-state index contributed by atoms with van der Waals surface area (Å²) in [6.07, 6.45) is 3.26. The molecule has 2 aromatic carbocycles. The van der Waals surface area contributed by atoms with Crippen molar-refractivity contribution in [2.75, 3.05) is 13.7 Å². The second kappa shape index (κ2) is 8.02. The molecule has 3 aromatic rings. The highest BCUT2D eigenvalue weighted by Crippen LogP contribution is 2.21. The molecule has 1 heterocycles. The Morgan fingerprint density at radius 1 is 1.19 bits per heavy atom. The summed E-state index contributed by atoms with van der Waals surface area (Å²) in [6, 6.07) is 14.7. The lowest BCUT2D eigenvalue weighted by Crippen LogP contribution is -2.17. The van der Waals surface area contributed by atoms with Crippen molar-refractivity contribution in [2.24, 2.45) is 5.10 Å². The van der Waals surface area contributed by atoms with Gasteiger partial charge in [0.1, 0.15) is 23.8 Å². The van der Waals surface area contributed by atoms with E-state index in [0.717, 1.165) is 28.0 Å². The SMILES string of the molecule is C=CCOc1ccc(/C=N\NC(=O)c2cc3ccc(OC)cc3[nH]2)cc1. The molecule has 0 aliphatic carbocycles. The number of nitrogens with zero attached hydrogens (tertiary/aromatic N) is 1. The molecule has 0 saturated carbocycles. The van der Waals surface area contributed by atoms with Crippen molar-refractivity contribution in [3.8, 4) is 11.5 Å². The standard InChI is InChI=1S/C20H19N3O3/c1-3-10-26-16-7-4-14(5-8-16)13-21-23-20(24)19-11-15-6-9-17(25-2)12-18(15)22-19/h3-9,11-13,22H,1,10H2,2H3,(H,23,24)/b21-13-. The molecule has 0 radical (unpaired) electrons. The third-order valence-electron chi connectivity index (χ3n) is 3.70. The van der Waals surface area contributed by atoms with Crippen molar-refractivity contribution < 1.29 is 14.3 Å². The summed E-state index contributed by atoms with van der Waals surface area (Å²) in [7, 11) is 1.60. The van der Waals surface area contributed by atoms with Crippen LogP contribution < -0.4 is 14.9 Å². The van der Waals surface area contributed by atoms with E-state index >= 15 is 0 Å². The van der Waals surface area contributed by atoms with Gasteiger partial charge < -0.3 is 14.5 Å². The van der Waals surface area contributed by atoms with E-state index in [4.69, 9.17) is 9.47 Å². The molecular formula is C20H19N3O3. The van der Waals surface area contributed by atoms with Gasteiger partial charge in [0.25, 0.3) is 5.91 Å². The number of aromatic nitrogens is 1. The summed E-state index contributed by atoms with van der Waals surface area (Å²) in [5.74, 6) is 1.16.